The number of hydrogen-bond donors (Lipinski definition) is 2. The van der Waals surface area contributed by atoms with E-state index in [0.29, 0.717) is 31.5 Å². The van der Waals surface area contributed by atoms with Gasteiger partial charge < -0.3 is 25.3 Å². The molecule has 7 nitrogen and oxygen atoms in total. The highest BCUT2D eigenvalue weighted by Crippen LogP contribution is 2.32. The Kier molecular flexibility index (Phi) is 7.52. The Morgan fingerprint density at radius 1 is 1.26 bits per heavy atom. The lowest BCUT2D eigenvalue weighted by molar-refractivity contribution is 0.297. The average Bonchev–Trinajstić information content (AvgIpc) is 2.86. The molecule has 0 bridgehead atoms. The van der Waals surface area contributed by atoms with Crippen LogP contribution < -0.4 is 25.3 Å². The van der Waals surface area contributed by atoms with Crippen molar-refractivity contribution in [3.63, 3.8) is 0 Å². The van der Waals surface area contributed by atoms with Crippen molar-refractivity contribution in [2.24, 2.45) is 10.7 Å². The highest BCUT2D eigenvalue weighted by Gasteiger charge is 2.11. The van der Waals surface area contributed by atoms with Crippen LogP contribution in [-0.2, 0) is 6.54 Å². The largest absolute Gasteiger partial charge is 0.496 e. The number of hydrogen-bond acceptors (Lipinski definition) is 5. The quantitative estimate of drug-likeness (QED) is 0.393. The molecular weight excluding hydrogens is 459 g/mol. The van der Waals surface area contributed by atoms with Gasteiger partial charge in [-0.25, -0.2) is 4.99 Å². The lowest BCUT2D eigenvalue weighted by atomic mass is 10.1. The zero-order chi connectivity index (χ0) is 18.5. The van der Waals surface area contributed by atoms with Crippen molar-refractivity contribution < 1.29 is 14.2 Å². The minimum Gasteiger partial charge on any atom is -0.496 e. The SMILES string of the molecule is COc1c(C)cnc(CN=C(N)Nc2ccc3c(c2)OCCCO3)c1C.I. The summed E-state index contributed by atoms with van der Waals surface area (Å²) in [5.41, 5.74) is 9.61. The van der Waals surface area contributed by atoms with E-state index >= 15 is 0 Å². The van der Waals surface area contributed by atoms with Gasteiger partial charge >= 0.3 is 0 Å². The second-order valence-corrected chi connectivity index (χ2v) is 6.08. The summed E-state index contributed by atoms with van der Waals surface area (Å²) in [5, 5.41) is 3.08. The number of aromatic nitrogens is 1. The Balaban J connectivity index is 0.00000261. The maximum Gasteiger partial charge on any atom is 0.193 e. The van der Waals surface area contributed by atoms with Crippen molar-refractivity contribution in [3.05, 3.63) is 41.2 Å². The van der Waals surface area contributed by atoms with Gasteiger partial charge in [0.05, 0.1) is 32.6 Å². The van der Waals surface area contributed by atoms with Crippen LogP contribution in [0.5, 0.6) is 17.2 Å². The standard InChI is InChI=1S/C19H24N4O3.HI/c1-12-10-21-15(13(2)18(12)24-3)11-22-19(20)23-14-5-6-16-17(9-14)26-8-4-7-25-16;/h5-6,9-10H,4,7-8,11H2,1-3H3,(H3,20,22,23);1H. The fourth-order valence-corrected chi connectivity index (χ4v) is 2.82. The molecule has 0 spiro atoms. The molecule has 0 amide bonds. The monoisotopic (exact) mass is 484 g/mol. The molecule has 3 N–H and O–H groups in total. The van der Waals surface area contributed by atoms with Crippen LogP contribution in [0.25, 0.3) is 0 Å². The zero-order valence-corrected chi connectivity index (χ0v) is 18.1. The van der Waals surface area contributed by atoms with Gasteiger partial charge in [0.2, 0.25) is 0 Å². The van der Waals surface area contributed by atoms with Crippen LogP contribution in [0.1, 0.15) is 23.2 Å². The minimum atomic E-state index is 0. The fourth-order valence-electron chi connectivity index (χ4n) is 2.82. The number of anilines is 1. The maximum absolute atomic E-state index is 6.02. The molecule has 27 heavy (non-hydrogen) atoms. The van der Waals surface area contributed by atoms with E-state index in [-0.39, 0.29) is 24.0 Å². The molecule has 0 aliphatic carbocycles. The van der Waals surface area contributed by atoms with Gasteiger partial charge in [0, 0.05) is 35.5 Å². The molecule has 1 aromatic carbocycles. The Morgan fingerprint density at radius 3 is 2.74 bits per heavy atom. The van der Waals surface area contributed by atoms with Gasteiger partial charge in [0.1, 0.15) is 5.75 Å². The van der Waals surface area contributed by atoms with Crippen LogP contribution >= 0.6 is 24.0 Å². The molecule has 0 radical (unpaired) electrons. The first kappa shape index (κ1) is 21.1. The normalized spacial score (nSPS) is 13.4. The number of aliphatic imine (C=N–C) groups is 1. The van der Waals surface area contributed by atoms with Crippen LogP contribution in [0.4, 0.5) is 5.69 Å². The molecular formula is C19H25IN4O3. The molecule has 1 aromatic heterocycles. The van der Waals surface area contributed by atoms with Gasteiger partial charge in [-0.15, -0.1) is 24.0 Å². The van der Waals surface area contributed by atoms with Gasteiger partial charge in [-0.2, -0.15) is 0 Å². The van der Waals surface area contributed by atoms with Gasteiger partial charge in [-0.1, -0.05) is 0 Å². The number of ether oxygens (including phenoxy) is 3. The van der Waals surface area contributed by atoms with E-state index in [1.165, 1.54) is 0 Å². The Hall–Kier alpha value is -2.23. The van der Waals surface area contributed by atoms with Crippen LogP contribution in [0.2, 0.25) is 0 Å². The first-order valence-electron chi connectivity index (χ1n) is 8.54. The summed E-state index contributed by atoms with van der Waals surface area (Å²) in [6, 6.07) is 5.61. The number of pyridine rings is 1. The molecule has 8 heteroatoms. The number of nitrogens with one attached hydrogen (secondary N) is 1. The molecule has 0 saturated carbocycles. The van der Waals surface area contributed by atoms with Crippen molar-refractivity contribution in [2.75, 3.05) is 25.6 Å². The number of nitrogens with zero attached hydrogens (tertiary/aromatic N) is 2. The van der Waals surface area contributed by atoms with E-state index in [1.807, 2.05) is 32.0 Å². The van der Waals surface area contributed by atoms with E-state index in [4.69, 9.17) is 19.9 Å². The van der Waals surface area contributed by atoms with Crippen molar-refractivity contribution in [1.82, 2.24) is 4.98 Å². The van der Waals surface area contributed by atoms with Crippen LogP contribution in [0.3, 0.4) is 0 Å². The van der Waals surface area contributed by atoms with Crippen LogP contribution in [0, 0.1) is 13.8 Å². The number of rotatable bonds is 4. The smallest absolute Gasteiger partial charge is 0.193 e. The highest BCUT2D eigenvalue weighted by molar-refractivity contribution is 14.0. The average molecular weight is 484 g/mol. The van der Waals surface area contributed by atoms with Crippen LogP contribution in [-0.4, -0.2) is 31.3 Å². The van der Waals surface area contributed by atoms with Crippen molar-refractivity contribution in [2.45, 2.75) is 26.8 Å². The third kappa shape index (κ3) is 5.15. The number of methoxy groups -OCH3 is 1. The summed E-state index contributed by atoms with van der Waals surface area (Å²) in [7, 11) is 1.66. The summed E-state index contributed by atoms with van der Waals surface area (Å²) in [6.07, 6.45) is 2.65. The molecule has 2 heterocycles. The van der Waals surface area contributed by atoms with Crippen molar-refractivity contribution in [3.8, 4) is 17.2 Å². The zero-order valence-electron chi connectivity index (χ0n) is 15.7. The Labute approximate surface area is 176 Å². The Bertz CT molecular complexity index is 827. The minimum absolute atomic E-state index is 0. The summed E-state index contributed by atoms with van der Waals surface area (Å²) in [5.74, 6) is 2.59. The van der Waals surface area contributed by atoms with Gasteiger partial charge in [0.15, 0.2) is 17.5 Å². The number of fused-ring (bicyclic) bond motifs is 1. The lowest BCUT2D eigenvalue weighted by Crippen LogP contribution is -2.22. The van der Waals surface area contributed by atoms with Gasteiger partial charge in [0.25, 0.3) is 0 Å². The number of halogens is 1. The maximum atomic E-state index is 6.02. The molecule has 2 aromatic rings. The first-order chi connectivity index (χ1) is 12.6. The number of nitrogens with two attached hydrogens (primary N) is 1. The van der Waals surface area contributed by atoms with Crippen LogP contribution in [0.15, 0.2) is 29.4 Å². The second kappa shape index (κ2) is 9.63. The van der Waals surface area contributed by atoms with E-state index in [1.54, 1.807) is 13.3 Å². The first-order valence-corrected chi connectivity index (χ1v) is 8.54. The molecule has 0 fully saturated rings. The third-order valence-electron chi connectivity index (χ3n) is 4.17. The molecule has 0 unspecified atom stereocenters. The summed E-state index contributed by atoms with van der Waals surface area (Å²) < 4.78 is 16.7. The second-order valence-electron chi connectivity index (χ2n) is 6.08. The summed E-state index contributed by atoms with van der Waals surface area (Å²) in [4.78, 5) is 8.81. The summed E-state index contributed by atoms with van der Waals surface area (Å²) in [6.45, 7) is 5.60. The number of aryl methyl sites for hydroxylation is 1. The topological polar surface area (TPSA) is 91.0 Å². The number of guanidine groups is 1. The van der Waals surface area contributed by atoms with E-state index in [0.717, 1.165) is 40.4 Å². The van der Waals surface area contributed by atoms with Crippen molar-refractivity contribution in [1.29, 1.82) is 0 Å². The molecule has 3 rings (SSSR count). The number of benzene rings is 1. The molecule has 0 saturated heterocycles. The predicted octanol–water partition coefficient (Wildman–Crippen LogP) is 3.41. The third-order valence-corrected chi connectivity index (χ3v) is 4.17. The fraction of sp³-hybridized carbons (Fsp3) is 0.368. The predicted molar refractivity (Wildman–Crippen MR) is 117 cm³/mol. The van der Waals surface area contributed by atoms with E-state index in [2.05, 4.69) is 15.3 Å². The lowest BCUT2D eigenvalue weighted by Gasteiger charge is -2.12. The van der Waals surface area contributed by atoms with Gasteiger partial charge in [-0.3, -0.25) is 4.98 Å². The van der Waals surface area contributed by atoms with E-state index in [9.17, 15) is 0 Å². The van der Waals surface area contributed by atoms with Gasteiger partial charge in [-0.05, 0) is 26.0 Å². The molecule has 146 valence electrons. The highest BCUT2D eigenvalue weighted by atomic mass is 127. The Morgan fingerprint density at radius 2 is 2.00 bits per heavy atom. The molecule has 1 aliphatic rings. The van der Waals surface area contributed by atoms with Crippen molar-refractivity contribution >= 4 is 35.6 Å². The molecule has 1 aliphatic heterocycles. The molecule has 0 atom stereocenters. The van der Waals surface area contributed by atoms with E-state index < -0.39 is 0 Å². The summed E-state index contributed by atoms with van der Waals surface area (Å²) >= 11 is 0.